The van der Waals surface area contributed by atoms with Crippen LogP contribution in [0.25, 0.3) is 11.1 Å². The van der Waals surface area contributed by atoms with E-state index in [1.807, 2.05) is 30.3 Å². The predicted molar refractivity (Wildman–Crippen MR) is 89.9 cm³/mol. The van der Waals surface area contributed by atoms with Crippen molar-refractivity contribution in [3.05, 3.63) is 59.9 Å². The van der Waals surface area contributed by atoms with Gasteiger partial charge in [0.15, 0.2) is 6.61 Å². The van der Waals surface area contributed by atoms with Crippen LogP contribution >= 0.6 is 0 Å². The lowest BCUT2D eigenvalue weighted by Gasteiger charge is -2.14. The second-order valence-corrected chi connectivity index (χ2v) is 5.72. The largest absolute Gasteiger partial charge is 0.455 e. The van der Waals surface area contributed by atoms with Crippen molar-refractivity contribution in [2.75, 3.05) is 20.7 Å². The van der Waals surface area contributed by atoms with Crippen LogP contribution in [0.15, 0.2) is 48.5 Å². The number of esters is 1. The van der Waals surface area contributed by atoms with Crippen LogP contribution < -0.4 is 0 Å². The second-order valence-electron chi connectivity index (χ2n) is 5.72. The fourth-order valence-corrected chi connectivity index (χ4v) is 2.18. The molecule has 2 aromatic carbocycles. The molecule has 0 fully saturated rings. The Morgan fingerprint density at radius 3 is 2.38 bits per heavy atom. The smallest absolute Gasteiger partial charge is 0.313 e. The molecule has 0 saturated heterocycles. The van der Waals surface area contributed by atoms with E-state index in [2.05, 4.69) is 0 Å². The van der Waals surface area contributed by atoms with Crippen molar-refractivity contribution in [3.8, 4) is 11.1 Å². The van der Waals surface area contributed by atoms with Crippen LogP contribution in [0.1, 0.15) is 18.4 Å². The molecule has 0 unspecified atom stereocenters. The summed E-state index contributed by atoms with van der Waals surface area (Å²) in [6.07, 6.45) is 0. The molecule has 2 rings (SSSR count). The minimum atomic E-state index is -0.653. The number of ether oxygens (including phenoxy) is 1. The Kier molecular flexibility index (Phi) is 5.68. The van der Waals surface area contributed by atoms with Gasteiger partial charge in [-0.3, -0.25) is 9.59 Å². The van der Waals surface area contributed by atoms with E-state index in [1.165, 1.54) is 11.0 Å². The number of hydrogen-bond donors (Lipinski definition) is 0. The highest BCUT2D eigenvalue weighted by Gasteiger charge is 2.20. The topological polar surface area (TPSA) is 46.6 Å². The van der Waals surface area contributed by atoms with Gasteiger partial charge in [0, 0.05) is 19.7 Å². The molecule has 1 amide bonds. The number of halogens is 1. The second kappa shape index (κ2) is 7.73. The van der Waals surface area contributed by atoms with Crippen molar-refractivity contribution < 1.29 is 18.7 Å². The SMILES string of the molecule is C[C@H](C(=O)OCC(=O)N(C)C)c1ccc(-c2ccccc2)c(F)c1. The third kappa shape index (κ3) is 4.19. The molecular formula is C19H20FNO3. The zero-order chi connectivity index (χ0) is 17.7. The summed E-state index contributed by atoms with van der Waals surface area (Å²) in [5.41, 5.74) is 1.76. The lowest BCUT2D eigenvalue weighted by molar-refractivity contribution is -0.152. The van der Waals surface area contributed by atoms with Crippen molar-refractivity contribution in [2.45, 2.75) is 12.8 Å². The molecule has 0 heterocycles. The number of likely N-dealkylation sites (N-methyl/N-ethyl adjacent to an activating group) is 1. The summed E-state index contributed by atoms with van der Waals surface area (Å²) in [4.78, 5) is 24.8. The van der Waals surface area contributed by atoms with Crippen LogP contribution in [-0.2, 0) is 14.3 Å². The number of carbonyl (C=O) groups excluding carboxylic acids is 2. The predicted octanol–water partition coefficient (Wildman–Crippen LogP) is 3.23. The summed E-state index contributed by atoms with van der Waals surface area (Å²) >= 11 is 0. The lowest BCUT2D eigenvalue weighted by Crippen LogP contribution is -2.28. The Labute approximate surface area is 140 Å². The van der Waals surface area contributed by atoms with Gasteiger partial charge in [0.25, 0.3) is 5.91 Å². The molecule has 5 heteroatoms. The van der Waals surface area contributed by atoms with Crippen LogP contribution in [0.5, 0.6) is 0 Å². The molecular weight excluding hydrogens is 309 g/mol. The molecule has 126 valence electrons. The maximum absolute atomic E-state index is 14.4. The summed E-state index contributed by atoms with van der Waals surface area (Å²) in [7, 11) is 3.16. The van der Waals surface area contributed by atoms with E-state index in [9.17, 15) is 14.0 Å². The van der Waals surface area contributed by atoms with E-state index in [4.69, 9.17) is 4.74 Å². The van der Waals surface area contributed by atoms with Gasteiger partial charge in [0.1, 0.15) is 5.82 Å². The monoisotopic (exact) mass is 329 g/mol. The Balaban J connectivity index is 2.10. The van der Waals surface area contributed by atoms with Gasteiger partial charge < -0.3 is 9.64 Å². The number of benzene rings is 2. The van der Waals surface area contributed by atoms with Crippen molar-refractivity contribution in [1.82, 2.24) is 4.90 Å². The van der Waals surface area contributed by atoms with Crippen LogP contribution in [0.3, 0.4) is 0 Å². The first-order chi connectivity index (χ1) is 11.4. The normalized spacial score (nSPS) is 11.7. The summed E-state index contributed by atoms with van der Waals surface area (Å²) in [5.74, 6) is -1.92. The quantitative estimate of drug-likeness (QED) is 0.791. The standard InChI is InChI=1S/C19H20FNO3/c1-13(19(23)24-12-18(22)21(2)3)15-9-10-16(17(20)11-15)14-7-5-4-6-8-14/h4-11,13H,12H2,1-3H3/t13-/m0/s1. The summed E-state index contributed by atoms with van der Waals surface area (Å²) in [5, 5.41) is 0. The van der Waals surface area contributed by atoms with Gasteiger partial charge in [-0.15, -0.1) is 0 Å². The molecule has 4 nitrogen and oxygen atoms in total. The Morgan fingerprint density at radius 2 is 1.79 bits per heavy atom. The van der Waals surface area contributed by atoms with Gasteiger partial charge >= 0.3 is 5.97 Å². The molecule has 0 aliphatic carbocycles. The summed E-state index contributed by atoms with van der Waals surface area (Å²) in [6.45, 7) is 1.31. The van der Waals surface area contributed by atoms with E-state index in [1.54, 1.807) is 33.2 Å². The van der Waals surface area contributed by atoms with Gasteiger partial charge in [-0.2, -0.15) is 0 Å². The lowest BCUT2D eigenvalue weighted by atomic mass is 9.97. The zero-order valence-electron chi connectivity index (χ0n) is 14.0. The third-order valence-corrected chi connectivity index (χ3v) is 3.77. The molecule has 0 aliphatic heterocycles. The fourth-order valence-electron chi connectivity index (χ4n) is 2.18. The first-order valence-corrected chi connectivity index (χ1v) is 7.62. The van der Waals surface area contributed by atoms with Crippen molar-refractivity contribution in [2.24, 2.45) is 0 Å². The van der Waals surface area contributed by atoms with Gasteiger partial charge in [-0.05, 0) is 24.1 Å². The number of nitrogens with zero attached hydrogens (tertiary/aromatic N) is 1. The zero-order valence-corrected chi connectivity index (χ0v) is 14.0. The molecule has 0 saturated carbocycles. The van der Waals surface area contributed by atoms with Crippen molar-refractivity contribution in [3.63, 3.8) is 0 Å². The molecule has 0 N–H and O–H groups in total. The minimum absolute atomic E-state index is 0.304. The number of rotatable bonds is 5. The molecule has 0 aromatic heterocycles. The first kappa shape index (κ1) is 17.7. The molecule has 1 atom stereocenters. The van der Waals surface area contributed by atoms with E-state index in [0.717, 1.165) is 5.56 Å². The molecule has 0 radical (unpaired) electrons. The summed E-state index contributed by atoms with van der Waals surface area (Å²) < 4.78 is 19.4. The maximum Gasteiger partial charge on any atom is 0.313 e. The highest BCUT2D eigenvalue weighted by Crippen LogP contribution is 2.26. The van der Waals surface area contributed by atoms with Crippen molar-refractivity contribution in [1.29, 1.82) is 0 Å². The number of amides is 1. The average Bonchev–Trinajstić information content (AvgIpc) is 2.59. The van der Waals surface area contributed by atoms with Crippen LogP contribution in [-0.4, -0.2) is 37.5 Å². The average molecular weight is 329 g/mol. The molecule has 2 aromatic rings. The van der Waals surface area contributed by atoms with Crippen LogP contribution in [0.4, 0.5) is 4.39 Å². The maximum atomic E-state index is 14.4. The minimum Gasteiger partial charge on any atom is -0.455 e. The Hall–Kier alpha value is -2.69. The highest BCUT2D eigenvalue weighted by atomic mass is 19.1. The molecule has 24 heavy (non-hydrogen) atoms. The third-order valence-electron chi connectivity index (χ3n) is 3.77. The van der Waals surface area contributed by atoms with Crippen LogP contribution in [0.2, 0.25) is 0 Å². The molecule has 0 bridgehead atoms. The molecule has 0 aliphatic rings. The van der Waals surface area contributed by atoms with Gasteiger partial charge in [-0.1, -0.05) is 42.5 Å². The van der Waals surface area contributed by atoms with Gasteiger partial charge in [0.2, 0.25) is 0 Å². The number of hydrogen-bond acceptors (Lipinski definition) is 3. The van der Waals surface area contributed by atoms with Crippen LogP contribution in [0, 0.1) is 5.82 Å². The Bertz CT molecular complexity index is 729. The first-order valence-electron chi connectivity index (χ1n) is 7.62. The fraction of sp³-hybridized carbons (Fsp3) is 0.263. The number of carbonyl (C=O) groups is 2. The summed E-state index contributed by atoms with van der Waals surface area (Å²) in [6, 6.07) is 13.9. The van der Waals surface area contributed by atoms with E-state index in [-0.39, 0.29) is 12.5 Å². The van der Waals surface area contributed by atoms with E-state index >= 15 is 0 Å². The van der Waals surface area contributed by atoms with E-state index in [0.29, 0.717) is 11.1 Å². The van der Waals surface area contributed by atoms with Crippen molar-refractivity contribution >= 4 is 11.9 Å². The van der Waals surface area contributed by atoms with E-state index < -0.39 is 17.7 Å². The Morgan fingerprint density at radius 1 is 1.12 bits per heavy atom. The van der Waals surface area contributed by atoms with Gasteiger partial charge in [-0.25, -0.2) is 4.39 Å². The highest BCUT2D eigenvalue weighted by molar-refractivity contribution is 5.83. The molecule has 0 spiro atoms. The van der Waals surface area contributed by atoms with Gasteiger partial charge in [0.05, 0.1) is 5.92 Å².